The first-order valence-corrected chi connectivity index (χ1v) is 6.28. The van der Waals surface area contributed by atoms with Crippen LogP contribution in [0.3, 0.4) is 0 Å². The topological polar surface area (TPSA) is 39.4 Å². The maximum atomic E-state index is 5.45. The summed E-state index contributed by atoms with van der Waals surface area (Å²) in [6, 6.07) is 1.88. The molecule has 5 heteroatoms. The number of hydrogen-bond donors (Lipinski definition) is 0. The van der Waals surface area contributed by atoms with E-state index >= 15 is 0 Å². The van der Waals surface area contributed by atoms with Gasteiger partial charge in [0, 0.05) is 12.4 Å². The van der Waals surface area contributed by atoms with Crippen molar-refractivity contribution >= 4 is 22.5 Å². The molecule has 0 saturated carbocycles. The molecule has 4 nitrogen and oxygen atoms in total. The van der Waals surface area contributed by atoms with E-state index in [1.165, 1.54) is 5.57 Å². The highest BCUT2D eigenvalue weighted by Gasteiger charge is 2.34. The lowest BCUT2D eigenvalue weighted by Crippen LogP contribution is -2.17. The van der Waals surface area contributed by atoms with Gasteiger partial charge in [0.2, 0.25) is 0 Å². The molecule has 1 aromatic heterocycles. The van der Waals surface area contributed by atoms with Crippen LogP contribution in [0.2, 0.25) is 0 Å². The Kier molecular flexibility index (Phi) is 3.41. The molecule has 0 bridgehead atoms. The molecule has 2 heterocycles. The quantitative estimate of drug-likeness (QED) is 0.765. The van der Waals surface area contributed by atoms with Crippen molar-refractivity contribution in [2.45, 2.75) is 39.2 Å². The van der Waals surface area contributed by atoms with Gasteiger partial charge in [0.05, 0.1) is 5.54 Å². The second-order valence-electron chi connectivity index (χ2n) is 4.62. The van der Waals surface area contributed by atoms with Crippen LogP contribution in [0.5, 0.6) is 0 Å². The fraction of sp³-hybridized carbons (Fsp3) is 0.500. The third-order valence-electron chi connectivity index (χ3n) is 2.94. The summed E-state index contributed by atoms with van der Waals surface area (Å²) in [6.07, 6.45) is 5.70. The molecule has 1 aromatic rings. The molecule has 0 spiro atoms. The smallest absolute Gasteiger partial charge is 0.482 e. The van der Waals surface area contributed by atoms with Crippen LogP contribution >= 0.6 is 0 Å². The number of aromatic nitrogens is 2. The van der Waals surface area contributed by atoms with Crippen LogP contribution in [0.25, 0.3) is 0 Å². The standard InChI is InChI=1S/C12H17N3O.Al/c1-4-6-9-10(16)11(14-12(9,2)3)15-8-5-7-13-15;/h5,7-8,16H,4,6H2,1-3H3;/q;+1/p-1. The Morgan fingerprint density at radius 1 is 1.47 bits per heavy atom. The molecule has 0 fully saturated rings. The minimum absolute atomic E-state index is 0.205. The second kappa shape index (κ2) is 4.68. The van der Waals surface area contributed by atoms with E-state index < -0.39 is 0 Å². The molecule has 17 heavy (non-hydrogen) atoms. The molecular weight excluding hydrogens is 229 g/mol. The first-order valence-electron chi connectivity index (χ1n) is 5.80. The number of aliphatic imine (C=N–C) groups is 1. The van der Waals surface area contributed by atoms with Gasteiger partial charge in [0.1, 0.15) is 5.76 Å². The summed E-state index contributed by atoms with van der Waals surface area (Å²) >= 11 is 2.32. The van der Waals surface area contributed by atoms with Gasteiger partial charge in [0.25, 0.3) is 0 Å². The molecule has 2 radical (unpaired) electrons. The summed E-state index contributed by atoms with van der Waals surface area (Å²) in [5.74, 6) is 1.63. The summed E-state index contributed by atoms with van der Waals surface area (Å²) in [6.45, 7) is 6.38. The van der Waals surface area contributed by atoms with Gasteiger partial charge in [-0.25, -0.2) is 4.68 Å². The van der Waals surface area contributed by atoms with Crippen LogP contribution in [-0.4, -0.2) is 37.8 Å². The molecule has 0 unspecified atom stereocenters. The minimum Gasteiger partial charge on any atom is -0.651 e. The molecule has 0 aromatic carbocycles. The van der Waals surface area contributed by atoms with Crippen molar-refractivity contribution in [3.8, 4) is 0 Å². The fourth-order valence-corrected chi connectivity index (χ4v) is 2.39. The van der Waals surface area contributed by atoms with Crippen LogP contribution in [-0.2, 0) is 3.79 Å². The van der Waals surface area contributed by atoms with Gasteiger partial charge in [-0.05, 0) is 31.9 Å². The lowest BCUT2D eigenvalue weighted by Gasteiger charge is -2.19. The van der Waals surface area contributed by atoms with Gasteiger partial charge in [-0.1, -0.05) is 13.3 Å². The highest BCUT2D eigenvalue weighted by molar-refractivity contribution is 6.07. The largest absolute Gasteiger partial charge is 0.651 e. The summed E-state index contributed by atoms with van der Waals surface area (Å²) in [4.78, 5) is 4.72. The van der Waals surface area contributed by atoms with E-state index in [4.69, 9.17) is 8.78 Å². The average Bonchev–Trinajstić information content (AvgIpc) is 2.86. The summed E-state index contributed by atoms with van der Waals surface area (Å²) < 4.78 is 7.21. The van der Waals surface area contributed by atoms with Crippen molar-refractivity contribution in [1.82, 2.24) is 9.78 Å². The normalized spacial score (nSPS) is 18.4. The minimum atomic E-state index is -0.205. The van der Waals surface area contributed by atoms with Crippen molar-refractivity contribution in [2.24, 2.45) is 4.99 Å². The third kappa shape index (κ3) is 2.18. The predicted molar refractivity (Wildman–Crippen MR) is 67.9 cm³/mol. The lowest BCUT2D eigenvalue weighted by atomic mass is 9.92. The Labute approximate surface area is 110 Å². The number of rotatable bonds is 3. The van der Waals surface area contributed by atoms with Gasteiger partial charge >= 0.3 is 16.6 Å². The van der Waals surface area contributed by atoms with E-state index in [2.05, 4.69) is 42.5 Å². The highest BCUT2D eigenvalue weighted by atomic mass is 27.1. The van der Waals surface area contributed by atoms with Crippen LogP contribution in [0.15, 0.2) is 34.8 Å². The van der Waals surface area contributed by atoms with E-state index in [9.17, 15) is 0 Å². The van der Waals surface area contributed by atoms with E-state index in [-0.39, 0.29) is 5.54 Å². The molecule has 0 saturated heterocycles. The number of hydrogen-bond acceptors (Lipinski definition) is 3. The zero-order chi connectivity index (χ0) is 12.5. The lowest BCUT2D eigenvalue weighted by molar-refractivity contribution is 0.477. The Morgan fingerprint density at radius 3 is 2.76 bits per heavy atom. The molecule has 2 rings (SSSR count). The van der Waals surface area contributed by atoms with Crippen LogP contribution in [0.1, 0.15) is 33.6 Å². The summed E-state index contributed by atoms with van der Waals surface area (Å²) in [5, 5.41) is 4.22. The zero-order valence-electron chi connectivity index (χ0n) is 10.5. The summed E-state index contributed by atoms with van der Waals surface area (Å²) in [7, 11) is 0. The Morgan fingerprint density at radius 2 is 2.24 bits per heavy atom. The van der Waals surface area contributed by atoms with Crippen molar-refractivity contribution in [2.75, 3.05) is 0 Å². The molecule has 1 aliphatic heterocycles. The number of allylic oxidation sites excluding steroid dienone is 1. The van der Waals surface area contributed by atoms with E-state index in [1.807, 2.05) is 12.3 Å². The second-order valence-corrected chi connectivity index (χ2v) is 4.86. The van der Waals surface area contributed by atoms with Gasteiger partial charge in [-0.2, -0.15) is 5.10 Å². The molecular formula is C12H16AlN3O. The van der Waals surface area contributed by atoms with Gasteiger partial charge < -0.3 is 3.79 Å². The van der Waals surface area contributed by atoms with E-state index in [0.717, 1.165) is 24.4 Å². The third-order valence-corrected chi connectivity index (χ3v) is 3.18. The highest BCUT2D eigenvalue weighted by Crippen LogP contribution is 2.35. The Balaban J connectivity index is 2.47. The van der Waals surface area contributed by atoms with Crippen molar-refractivity contribution in [3.63, 3.8) is 0 Å². The Hall–Kier alpha value is -1.05. The maximum absolute atomic E-state index is 5.45. The van der Waals surface area contributed by atoms with Crippen molar-refractivity contribution in [1.29, 1.82) is 0 Å². The SMILES string of the molecule is CCCC1=C([O][Al])C(n2cccn2)=NC1(C)C. The molecule has 0 amide bonds. The fourth-order valence-electron chi connectivity index (χ4n) is 2.14. The van der Waals surface area contributed by atoms with Crippen LogP contribution in [0.4, 0.5) is 0 Å². The number of nitrogens with zero attached hydrogens (tertiary/aromatic N) is 3. The molecule has 0 atom stereocenters. The van der Waals surface area contributed by atoms with Crippen LogP contribution < -0.4 is 0 Å². The summed E-state index contributed by atoms with van der Waals surface area (Å²) in [5.41, 5.74) is 1.03. The van der Waals surface area contributed by atoms with Gasteiger partial charge in [-0.15, -0.1) is 0 Å². The van der Waals surface area contributed by atoms with Crippen molar-refractivity contribution < 1.29 is 3.79 Å². The van der Waals surface area contributed by atoms with Crippen LogP contribution in [0, 0.1) is 0 Å². The molecule has 0 N–H and O–H groups in total. The molecule has 0 aliphatic carbocycles. The molecule has 1 aliphatic rings. The molecule has 88 valence electrons. The average molecular weight is 245 g/mol. The van der Waals surface area contributed by atoms with E-state index in [1.54, 1.807) is 10.9 Å². The first-order chi connectivity index (χ1) is 8.10. The maximum Gasteiger partial charge on any atom is 0.482 e. The van der Waals surface area contributed by atoms with Crippen molar-refractivity contribution in [3.05, 3.63) is 29.8 Å². The van der Waals surface area contributed by atoms with Gasteiger partial charge in [-0.3, -0.25) is 4.99 Å². The Bertz CT molecular complexity index is 460. The zero-order valence-corrected chi connectivity index (χ0v) is 11.6. The predicted octanol–water partition coefficient (Wildman–Crippen LogP) is 2.08. The van der Waals surface area contributed by atoms with Gasteiger partial charge in [0.15, 0.2) is 5.84 Å². The first kappa shape index (κ1) is 12.4. The van der Waals surface area contributed by atoms with E-state index in [0.29, 0.717) is 0 Å². The monoisotopic (exact) mass is 245 g/mol.